The summed E-state index contributed by atoms with van der Waals surface area (Å²) < 4.78 is 11.8. The molecule has 1 aromatic heterocycles. The maximum absolute atomic E-state index is 13.1. The number of nitrogens with zero attached hydrogens (tertiary/aromatic N) is 4. The Morgan fingerprint density at radius 2 is 2.02 bits per heavy atom. The highest BCUT2D eigenvalue weighted by atomic mass is 16.5. The van der Waals surface area contributed by atoms with E-state index < -0.39 is 0 Å². The number of aliphatic hydroxyl groups is 1. The molecule has 2 fully saturated rings. The predicted octanol–water partition coefficient (Wildman–Crippen LogP) is 4.08. The first-order chi connectivity index (χ1) is 19.7. The van der Waals surface area contributed by atoms with Gasteiger partial charge in [-0.2, -0.15) is 0 Å². The Balaban J connectivity index is 1.26. The molecule has 1 amide bonds. The zero-order valence-electron chi connectivity index (χ0n) is 22.8. The van der Waals surface area contributed by atoms with Crippen LogP contribution in [0.4, 0.5) is 17.2 Å². The minimum atomic E-state index is -0.209. The quantitative estimate of drug-likeness (QED) is 0.410. The summed E-state index contributed by atoms with van der Waals surface area (Å²) in [6.45, 7) is 4.89. The molecule has 2 aromatic carbocycles. The first-order valence-electron chi connectivity index (χ1n) is 14.4. The van der Waals surface area contributed by atoms with E-state index in [2.05, 4.69) is 44.4 Å². The monoisotopic (exact) mass is 543 g/mol. The van der Waals surface area contributed by atoms with Crippen molar-refractivity contribution >= 4 is 34.0 Å². The lowest BCUT2D eigenvalue weighted by molar-refractivity contribution is -0.111. The van der Waals surface area contributed by atoms with Crippen molar-refractivity contribution in [1.82, 2.24) is 14.9 Å². The number of anilines is 3. The average molecular weight is 544 g/mol. The third-order valence-corrected chi connectivity index (χ3v) is 8.12. The van der Waals surface area contributed by atoms with Gasteiger partial charge in [0.15, 0.2) is 0 Å². The van der Waals surface area contributed by atoms with Gasteiger partial charge in [0.25, 0.3) is 0 Å². The average Bonchev–Trinajstić information content (AvgIpc) is 3.50. The van der Waals surface area contributed by atoms with E-state index in [0.29, 0.717) is 37.1 Å². The number of aliphatic hydroxyl groups excluding tert-OH is 1. The lowest BCUT2D eigenvalue weighted by Crippen LogP contribution is -2.34. The van der Waals surface area contributed by atoms with Gasteiger partial charge in [0.2, 0.25) is 5.91 Å². The Labute approximate surface area is 234 Å². The maximum atomic E-state index is 13.1. The van der Waals surface area contributed by atoms with E-state index in [1.54, 1.807) is 12.4 Å². The molecule has 2 saturated heterocycles. The van der Waals surface area contributed by atoms with Gasteiger partial charge in [0.05, 0.1) is 24.4 Å². The molecular formula is C31H37N5O4. The van der Waals surface area contributed by atoms with Crippen molar-refractivity contribution < 1.29 is 19.4 Å². The summed E-state index contributed by atoms with van der Waals surface area (Å²) in [5.41, 5.74) is 3.83. The van der Waals surface area contributed by atoms with E-state index in [9.17, 15) is 9.90 Å². The molecule has 0 bridgehead atoms. The molecule has 3 aliphatic heterocycles. The van der Waals surface area contributed by atoms with Crippen LogP contribution in [-0.2, 0) is 16.0 Å². The van der Waals surface area contributed by atoms with Crippen molar-refractivity contribution in [3.8, 4) is 5.75 Å². The highest BCUT2D eigenvalue weighted by Crippen LogP contribution is 2.39. The van der Waals surface area contributed by atoms with E-state index in [4.69, 9.17) is 14.5 Å². The van der Waals surface area contributed by atoms with Gasteiger partial charge in [0, 0.05) is 49.3 Å². The maximum Gasteiger partial charge on any atom is 0.248 e. The third kappa shape index (κ3) is 5.96. The van der Waals surface area contributed by atoms with Crippen LogP contribution in [0.3, 0.4) is 0 Å². The number of aromatic nitrogens is 2. The summed E-state index contributed by atoms with van der Waals surface area (Å²) in [5, 5.41) is 13.3. The van der Waals surface area contributed by atoms with E-state index in [0.717, 1.165) is 74.1 Å². The number of rotatable bonds is 8. The second-order valence-electron chi connectivity index (χ2n) is 10.9. The number of carbonyl (C=O) groups excluding carboxylic acids is 1. The number of nitrogens with one attached hydrogen (secondary N) is 1. The fourth-order valence-corrected chi connectivity index (χ4v) is 5.85. The number of benzene rings is 2. The van der Waals surface area contributed by atoms with Crippen molar-refractivity contribution in [1.29, 1.82) is 0 Å². The van der Waals surface area contributed by atoms with Gasteiger partial charge in [-0.05, 0) is 62.4 Å². The van der Waals surface area contributed by atoms with Crippen LogP contribution in [0.5, 0.6) is 5.75 Å². The van der Waals surface area contributed by atoms with Crippen LogP contribution in [0.25, 0.3) is 10.9 Å². The summed E-state index contributed by atoms with van der Waals surface area (Å²) in [5.74, 6) is 1.59. The standard InChI is InChI=1S/C31H37N5O4/c37-19-22-9-14-35(15-10-22)12-4-8-30(38)34-27-17-25-26(18-29(27)40-24-11-16-39-20-24)32-21-33-31(25)36-13-3-6-23-5-1-2-7-28(23)36/h1-2,4-5,7-8,17-18,21-22,24,37H,3,6,9-16,19-20H2,(H,34,38)/b8-4+/t24-/m1/s1. The number of likely N-dealkylation sites (tertiary alicyclic amines) is 1. The molecule has 0 unspecified atom stereocenters. The highest BCUT2D eigenvalue weighted by Gasteiger charge is 2.24. The smallest absolute Gasteiger partial charge is 0.248 e. The highest BCUT2D eigenvalue weighted by molar-refractivity contribution is 6.03. The minimum Gasteiger partial charge on any atom is -0.486 e. The normalized spacial score (nSPS) is 20.2. The molecular weight excluding hydrogens is 506 g/mol. The number of piperidine rings is 1. The van der Waals surface area contributed by atoms with Gasteiger partial charge >= 0.3 is 0 Å². The van der Waals surface area contributed by atoms with Crippen molar-refractivity contribution in [2.45, 2.75) is 38.2 Å². The number of hydrogen-bond donors (Lipinski definition) is 2. The van der Waals surface area contributed by atoms with Crippen LogP contribution in [0.1, 0.15) is 31.2 Å². The molecule has 1 atom stereocenters. The van der Waals surface area contributed by atoms with Crippen LogP contribution in [0.15, 0.2) is 54.9 Å². The van der Waals surface area contributed by atoms with Crippen LogP contribution in [-0.4, -0.2) is 78.0 Å². The van der Waals surface area contributed by atoms with E-state index >= 15 is 0 Å². The van der Waals surface area contributed by atoms with Crippen LogP contribution in [0, 0.1) is 5.92 Å². The molecule has 2 N–H and O–H groups in total. The number of amides is 1. The Morgan fingerprint density at radius 1 is 1.15 bits per heavy atom. The molecule has 0 radical (unpaired) electrons. The number of aryl methyl sites for hydroxylation is 1. The molecule has 0 spiro atoms. The lowest BCUT2D eigenvalue weighted by Gasteiger charge is -2.31. The van der Waals surface area contributed by atoms with Crippen molar-refractivity contribution in [2.75, 3.05) is 56.2 Å². The second kappa shape index (κ2) is 12.3. The summed E-state index contributed by atoms with van der Waals surface area (Å²) in [4.78, 5) is 26.9. The molecule has 9 nitrogen and oxygen atoms in total. The summed E-state index contributed by atoms with van der Waals surface area (Å²) in [7, 11) is 0. The Morgan fingerprint density at radius 3 is 2.85 bits per heavy atom. The largest absolute Gasteiger partial charge is 0.486 e. The number of para-hydroxylation sites is 1. The first-order valence-corrected chi connectivity index (χ1v) is 14.4. The van der Waals surface area contributed by atoms with Crippen molar-refractivity contribution in [3.63, 3.8) is 0 Å². The van der Waals surface area contributed by atoms with E-state index in [-0.39, 0.29) is 18.6 Å². The van der Waals surface area contributed by atoms with Gasteiger partial charge in [-0.15, -0.1) is 0 Å². The molecule has 0 aliphatic carbocycles. The van der Waals surface area contributed by atoms with Gasteiger partial charge in [-0.1, -0.05) is 24.3 Å². The van der Waals surface area contributed by atoms with Crippen molar-refractivity contribution in [3.05, 3.63) is 60.4 Å². The molecule has 0 saturated carbocycles. The van der Waals surface area contributed by atoms with E-state index in [1.165, 1.54) is 5.56 Å². The Kier molecular flexibility index (Phi) is 8.22. The van der Waals surface area contributed by atoms with Crippen LogP contribution in [0.2, 0.25) is 0 Å². The third-order valence-electron chi connectivity index (χ3n) is 8.12. The fraction of sp³-hybridized carbons (Fsp3) is 0.452. The molecule has 9 heteroatoms. The zero-order valence-corrected chi connectivity index (χ0v) is 22.8. The van der Waals surface area contributed by atoms with Gasteiger partial charge in [0.1, 0.15) is 24.0 Å². The van der Waals surface area contributed by atoms with Crippen molar-refractivity contribution in [2.24, 2.45) is 5.92 Å². The lowest BCUT2D eigenvalue weighted by atomic mass is 9.98. The molecule has 210 valence electrons. The van der Waals surface area contributed by atoms with Crippen LogP contribution < -0.4 is 15.0 Å². The molecule has 3 aliphatic rings. The van der Waals surface area contributed by atoms with E-state index in [1.807, 2.05) is 18.2 Å². The summed E-state index contributed by atoms with van der Waals surface area (Å²) in [6, 6.07) is 12.3. The summed E-state index contributed by atoms with van der Waals surface area (Å²) >= 11 is 0. The minimum absolute atomic E-state index is 0.0687. The molecule has 6 rings (SSSR count). The number of carbonyl (C=O) groups is 1. The second-order valence-corrected chi connectivity index (χ2v) is 10.9. The number of ether oxygens (including phenoxy) is 2. The Bertz CT molecular complexity index is 1370. The van der Waals surface area contributed by atoms with Gasteiger partial charge in [-0.3, -0.25) is 9.69 Å². The molecule has 3 aromatic rings. The first kappa shape index (κ1) is 26.7. The SMILES string of the molecule is O=C(/C=C/CN1CCC(CO)CC1)Nc1cc2c(N3CCCc4ccccc43)ncnc2cc1O[C@@H]1CCOC1. The number of fused-ring (bicyclic) bond motifs is 2. The Hall–Kier alpha value is -3.53. The topological polar surface area (TPSA) is 100 Å². The molecule has 40 heavy (non-hydrogen) atoms. The van der Waals surface area contributed by atoms with Gasteiger partial charge < -0.3 is 24.8 Å². The zero-order chi connectivity index (χ0) is 27.3. The summed E-state index contributed by atoms with van der Waals surface area (Å²) in [6.07, 6.45) is 9.90. The van der Waals surface area contributed by atoms with Gasteiger partial charge in [-0.25, -0.2) is 9.97 Å². The number of hydrogen-bond acceptors (Lipinski definition) is 8. The predicted molar refractivity (Wildman–Crippen MR) is 155 cm³/mol. The van der Waals surface area contributed by atoms with Crippen LogP contribution >= 0.6 is 0 Å². The fourth-order valence-electron chi connectivity index (χ4n) is 5.85. The molecule has 4 heterocycles.